The summed E-state index contributed by atoms with van der Waals surface area (Å²) >= 11 is 0. The molecule has 0 saturated carbocycles. The molecule has 8 heteroatoms. The summed E-state index contributed by atoms with van der Waals surface area (Å²) in [5.74, 6) is -1.30. The number of carbonyl (C=O) groups is 1. The highest BCUT2D eigenvalue weighted by molar-refractivity contribution is 5.74. The van der Waals surface area contributed by atoms with E-state index in [4.69, 9.17) is 15.3 Å². The number of carboxylic acid groups (broad SMARTS) is 1. The molecule has 1 rings (SSSR count). The number of carboxylic acids is 1. The highest BCUT2D eigenvalue weighted by atomic mass is 19.4. The lowest BCUT2D eigenvalue weighted by atomic mass is 10.2. The van der Waals surface area contributed by atoms with Crippen LogP contribution in [0.15, 0.2) is 0 Å². The minimum atomic E-state index is -4.78. The summed E-state index contributed by atoms with van der Waals surface area (Å²) in [6.07, 6.45) is -8.47. The summed E-state index contributed by atoms with van der Waals surface area (Å²) in [6, 6.07) is -1.17. The van der Waals surface area contributed by atoms with E-state index in [2.05, 4.69) is 0 Å². The molecule has 3 unspecified atom stereocenters. The number of hydrogen-bond acceptors (Lipinski definition) is 4. The van der Waals surface area contributed by atoms with Crippen molar-refractivity contribution in [1.82, 2.24) is 4.90 Å². The number of alkyl halides is 3. The Morgan fingerprint density at radius 3 is 2.50 bits per heavy atom. The SMILES string of the molecule is O=C(O)C1CC(O)CN1CC(O)C(F)(F)F. The van der Waals surface area contributed by atoms with Crippen molar-refractivity contribution in [3.63, 3.8) is 0 Å². The van der Waals surface area contributed by atoms with Crippen LogP contribution >= 0.6 is 0 Å². The molecule has 1 aliphatic rings. The Balaban J connectivity index is 2.62. The molecule has 0 radical (unpaired) electrons. The number of likely N-dealkylation sites (tertiary alicyclic amines) is 1. The Kier molecular flexibility index (Phi) is 3.76. The molecule has 5 nitrogen and oxygen atoms in total. The number of nitrogens with zero attached hydrogens (tertiary/aromatic N) is 1. The molecule has 0 aliphatic carbocycles. The Hall–Kier alpha value is -0.860. The van der Waals surface area contributed by atoms with E-state index in [1.54, 1.807) is 0 Å². The maximum absolute atomic E-state index is 12.0. The summed E-state index contributed by atoms with van der Waals surface area (Å²) in [5.41, 5.74) is 0. The average Bonchev–Trinajstić information content (AvgIpc) is 2.45. The van der Waals surface area contributed by atoms with Crippen molar-refractivity contribution in [3.05, 3.63) is 0 Å². The minimum Gasteiger partial charge on any atom is -0.480 e. The van der Waals surface area contributed by atoms with Gasteiger partial charge in [0, 0.05) is 19.5 Å². The molecule has 1 aliphatic heterocycles. The van der Waals surface area contributed by atoms with Crippen molar-refractivity contribution in [2.45, 2.75) is 30.8 Å². The van der Waals surface area contributed by atoms with Crippen LogP contribution in [0, 0.1) is 0 Å². The van der Waals surface area contributed by atoms with Gasteiger partial charge in [0.2, 0.25) is 0 Å². The lowest BCUT2D eigenvalue weighted by molar-refractivity contribution is -0.209. The van der Waals surface area contributed by atoms with Gasteiger partial charge in [-0.05, 0) is 0 Å². The summed E-state index contributed by atoms with van der Waals surface area (Å²) in [4.78, 5) is 11.6. The molecular weight excluding hydrogens is 231 g/mol. The first kappa shape index (κ1) is 13.2. The number of aliphatic hydroxyl groups excluding tert-OH is 2. The highest BCUT2D eigenvalue weighted by Crippen LogP contribution is 2.24. The van der Waals surface area contributed by atoms with E-state index in [0.717, 1.165) is 4.90 Å². The van der Waals surface area contributed by atoms with Crippen LogP contribution in [0.2, 0.25) is 0 Å². The molecule has 94 valence electrons. The van der Waals surface area contributed by atoms with Crippen LogP contribution in [-0.2, 0) is 4.79 Å². The molecule has 3 N–H and O–H groups in total. The lowest BCUT2D eigenvalue weighted by Gasteiger charge is -2.24. The van der Waals surface area contributed by atoms with E-state index < -0.39 is 36.9 Å². The molecule has 0 aromatic carbocycles. The van der Waals surface area contributed by atoms with Crippen LogP contribution in [-0.4, -0.2) is 63.7 Å². The fourth-order valence-electron chi connectivity index (χ4n) is 1.66. The van der Waals surface area contributed by atoms with E-state index in [9.17, 15) is 18.0 Å². The number of β-amino-alcohol motifs (C(OH)–C–C–N with tert-alkyl or cyclic N) is 2. The molecule has 3 atom stereocenters. The van der Waals surface area contributed by atoms with Crippen LogP contribution in [0.1, 0.15) is 6.42 Å². The van der Waals surface area contributed by atoms with Gasteiger partial charge in [-0.3, -0.25) is 9.69 Å². The zero-order valence-electron chi connectivity index (χ0n) is 8.18. The van der Waals surface area contributed by atoms with Gasteiger partial charge in [0.25, 0.3) is 0 Å². The van der Waals surface area contributed by atoms with Crippen molar-refractivity contribution >= 4 is 5.97 Å². The van der Waals surface area contributed by atoms with Gasteiger partial charge in [-0.15, -0.1) is 0 Å². The Morgan fingerprint density at radius 1 is 1.50 bits per heavy atom. The third kappa shape index (κ3) is 3.06. The zero-order valence-corrected chi connectivity index (χ0v) is 8.18. The maximum Gasteiger partial charge on any atom is 0.415 e. The number of aliphatic hydroxyl groups is 2. The minimum absolute atomic E-state index is 0.125. The number of rotatable bonds is 3. The van der Waals surface area contributed by atoms with Crippen molar-refractivity contribution in [2.75, 3.05) is 13.1 Å². The second-order valence-corrected chi connectivity index (χ2v) is 3.75. The fraction of sp³-hybridized carbons (Fsp3) is 0.875. The number of halogens is 3. The van der Waals surface area contributed by atoms with E-state index in [1.165, 1.54) is 0 Å². The van der Waals surface area contributed by atoms with E-state index in [0.29, 0.717) is 0 Å². The predicted octanol–water partition coefficient (Wildman–Crippen LogP) is -0.571. The van der Waals surface area contributed by atoms with Crippen molar-refractivity contribution in [2.24, 2.45) is 0 Å². The number of hydrogen-bond donors (Lipinski definition) is 3. The van der Waals surface area contributed by atoms with Crippen LogP contribution in [0.4, 0.5) is 13.2 Å². The molecule has 1 heterocycles. The summed E-state index contributed by atoms with van der Waals surface area (Å²) < 4.78 is 36.1. The van der Waals surface area contributed by atoms with E-state index >= 15 is 0 Å². The maximum atomic E-state index is 12.0. The standard InChI is InChI=1S/C8H12F3NO4/c9-8(10,11)6(14)3-12-2-4(13)1-5(12)7(15)16/h4-6,13-14H,1-3H2,(H,15,16). The molecule has 0 amide bonds. The monoisotopic (exact) mass is 243 g/mol. The van der Waals surface area contributed by atoms with Gasteiger partial charge >= 0.3 is 12.1 Å². The van der Waals surface area contributed by atoms with E-state index in [1.807, 2.05) is 0 Å². The van der Waals surface area contributed by atoms with Gasteiger partial charge in [0.05, 0.1) is 6.10 Å². The van der Waals surface area contributed by atoms with Gasteiger partial charge in [-0.1, -0.05) is 0 Å². The van der Waals surface area contributed by atoms with E-state index in [-0.39, 0.29) is 13.0 Å². The molecule has 0 aromatic rings. The fourth-order valence-corrected chi connectivity index (χ4v) is 1.66. The van der Waals surface area contributed by atoms with Crippen LogP contribution in [0.3, 0.4) is 0 Å². The highest BCUT2D eigenvalue weighted by Gasteiger charge is 2.43. The average molecular weight is 243 g/mol. The van der Waals surface area contributed by atoms with Crippen molar-refractivity contribution in [3.8, 4) is 0 Å². The topological polar surface area (TPSA) is 81.0 Å². The molecule has 0 spiro atoms. The Labute approximate surface area is 89.1 Å². The zero-order chi connectivity index (χ0) is 12.5. The predicted molar refractivity (Wildman–Crippen MR) is 45.7 cm³/mol. The largest absolute Gasteiger partial charge is 0.480 e. The quantitative estimate of drug-likeness (QED) is 0.618. The van der Waals surface area contributed by atoms with Gasteiger partial charge in [-0.25, -0.2) is 0 Å². The van der Waals surface area contributed by atoms with Crippen LogP contribution in [0.5, 0.6) is 0 Å². The van der Waals surface area contributed by atoms with Crippen LogP contribution in [0.25, 0.3) is 0 Å². The summed E-state index contributed by atoms with van der Waals surface area (Å²) in [6.45, 7) is -1.01. The first-order chi connectivity index (χ1) is 7.21. The van der Waals surface area contributed by atoms with Gasteiger partial charge in [0.15, 0.2) is 6.10 Å². The van der Waals surface area contributed by atoms with Gasteiger partial charge in [-0.2, -0.15) is 13.2 Å². The second kappa shape index (κ2) is 4.56. The third-order valence-corrected chi connectivity index (χ3v) is 2.45. The normalized spacial score (nSPS) is 29.3. The van der Waals surface area contributed by atoms with Gasteiger partial charge in [0.1, 0.15) is 6.04 Å². The molecular formula is C8H12F3NO4. The first-order valence-electron chi connectivity index (χ1n) is 4.61. The number of aliphatic carboxylic acids is 1. The molecule has 0 aromatic heterocycles. The molecule has 1 fully saturated rings. The van der Waals surface area contributed by atoms with Crippen LogP contribution < -0.4 is 0 Å². The van der Waals surface area contributed by atoms with Crippen molar-refractivity contribution < 1.29 is 33.3 Å². The Bertz CT molecular complexity index is 270. The summed E-state index contributed by atoms with van der Waals surface area (Å²) in [5, 5.41) is 26.7. The molecule has 1 saturated heterocycles. The van der Waals surface area contributed by atoms with Gasteiger partial charge < -0.3 is 15.3 Å². The Morgan fingerprint density at radius 2 is 2.06 bits per heavy atom. The first-order valence-corrected chi connectivity index (χ1v) is 4.61. The lowest BCUT2D eigenvalue weighted by Crippen LogP contribution is -2.45. The molecule has 16 heavy (non-hydrogen) atoms. The third-order valence-electron chi connectivity index (χ3n) is 2.45. The van der Waals surface area contributed by atoms with Crippen molar-refractivity contribution in [1.29, 1.82) is 0 Å². The molecule has 0 bridgehead atoms. The second-order valence-electron chi connectivity index (χ2n) is 3.75. The smallest absolute Gasteiger partial charge is 0.415 e. The summed E-state index contributed by atoms with van der Waals surface area (Å²) in [7, 11) is 0.